The maximum atomic E-state index is 13.9. The number of ketones is 1. The van der Waals surface area contributed by atoms with E-state index >= 15 is 0 Å². The fraction of sp³-hybridized carbons (Fsp3) is 0.643. The minimum Gasteiger partial charge on any atom is -0.375 e. The third kappa shape index (κ3) is 4.82. The van der Waals surface area contributed by atoms with Crippen LogP contribution in [0.1, 0.15) is 111 Å². The summed E-state index contributed by atoms with van der Waals surface area (Å²) in [5, 5.41) is 8.57. The van der Waals surface area contributed by atoms with Crippen LogP contribution in [-0.2, 0) is 11.2 Å². The standard InChI is InChI=1S/C28H35F2N5O2/c1-16(2)17-3-5-20(6-4-17)35-15-19(26(33-35)27(29)30)13-25(36)23-14-31-34-10-9-24(32-28(23)34)18-11-21-7-8-22(12-18)37-21/h9-10,14-18,20-22,27H,3-8,11-13H2,1-2H3/t17?,18?,20?,21-,22+. The van der Waals surface area contributed by atoms with E-state index in [-0.39, 0.29) is 36.1 Å². The third-order valence-corrected chi connectivity index (χ3v) is 8.86. The lowest BCUT2D eigenvalue weighted by Crippen LogP contribution is -2.24. The summed E-state index contributed by atoms with van der Waals surface area (Å²) >= 11 is 0. The summed E-state index contributed by atoms with van der Waals surface area (Å²) < 4.78 is 37.1. The highest BCUT2D eigenvalue weighted by Crippen LogP contribution is 2.40. The lowest BCUT2D eigenvalue weighted by Gasteiger charge is -2.30. The highest BCUT2D eigenvalue weighted by molar-refractivity contribution is 6.02. The van der Waals surface area contributed by atoms with Crippen LogP contribution in [0.3, 0.4) is 0 Å². The van der Waals surface area contributed by atoms with Crippen LogP contribution in [0.25, 0.3) is 5.65 Å². The van der Waals surface area contributed by atoms with Gasteiger partial charge in [-0.15, -0.1) is 0 Å². The van der Waals surface area contributed by atoms with Crippen molar-refractivity contribution in [3.8, 4) is 0 Å². The molecule has 37 heavy (non-hydrogen) atoms. The number of carbonyl (C=O) groups is 1. The molecular weight excluding hydrogens is 476 g/mol. The first-order valence-corrected chi connectivity index (χ1v) is 13.7. The van der Waals surface area contributed by atoms with Crippen LogP contribution in [0.2, 0.25) is 0 Å². The number of rotatable bonds is 7. The molecule has 3 fully saturated rings. The summed E-state index contributed by atoms with van der Waals surface area (Å²) in [6.45, 7) is 4.48. The van der Waals surface area contributed by atoms with Gasteiger partial charge in [0.15, 0.2) is 11.4 Å². The Hall–Kier alpha value is -2.68. The topological polar surface area (TPSA) is 74.3 Å². The SMILES string of the molecule is CC(C)C1CCC(n2cc(CC(=O)c3cnn4ccc(C5C[C@H]6CC[C@@H](C5)O6)nc34)c(C(F)F)n2)CC1. The van der Waals surface area contributed by atoms with Crippen molar-refractivity contribution in [3.05, 3.63) is 47.2 Å². The molecule has 3 atom stereocenters. The summed E-state index contributed by atoms with van der Waals surface area (Å²) in [5.74, 6) is 1.33. The van der Waals surface area contributed by atoms with Crippen LogP contribution >= 0.6 is 0 Å². The lowest BCUT2D eigenvalue weighted by molar-refractivity contribution is -0.00439. The summed E-state index contributed by atoms with van der Waals surface area (Å²) in [4.78, 5) is 18.2. The Morgan fingerprint density at radius 1 is 1.11 bits per heavy atom. The Morgan fingerprint density at radius 2 is 1.84 bits per heavy atom. The van der Waals surface area contributed by atoms with Gasteiger partial charge in [-0.25, -0.2) is 18.3 Å². The van der Waals surface area contributed by atoms with Crippen molar-refractivity contribution < 1.29 is 18.3 Å². The molecule has 1 unspecified atom stereocenters. The molecule has 3 aliphatic rings. The number of hydrogen-bond acceptors (Lipinski definition) is 5. The normalized spacial score (nSPS) is 28.0. The van der Waals surface area contributed by atoms with Crippen LogP contribution < -0.4 is 0 Å². The average molecular weight is 512 g/mol. The number of carbonyl (C=O) groups excluding carboxylic acids is 1. The summed E-state index contributed by atoms with van der Waals surface area (Å²) in [6, 6.07) is 2.07. The number of alkyl halides is 2. The lowest BCUT2D eigenvalue weighted by atomic mass is 9.80. The Kier molecular flexibility index (Phi) is 6.59. The van der Waals surface area contributed by atoms with E-state index in [4.69, 9.17) is 9.72 Å². The molecule has 0 N–H and O–H groups in total. The Labute approximate surface area is 215 Å². The Balaban J connectivity index is 1.22. The number of fused-ring (bicyclic) bond motifs is 3. The zero-order valence-corrected chi connectivity index (χ0v) is 21.5. The maximum Gasteiger partial charge on any atom is 0.282 e. The number of ether oxygens (including phenoxy) is 1. The molecule has 0 spiro atoms. The van der Waals surface area contributed by atoms with E-state index in [1.54, 1.807) is 15.4 Å². The quantitative estimate of drug-likeness (QED) is 0.358. The highest BCUT2D eigenvalue weighted by Gasteiger charge is 2.36. The van der Waals surface area contributed by atoms with Crippen LogP contribution in [0.5, 0.6) is 0 Å². The minimum absolute atomic E-state index is 0.104. The third-order valence-electron chi connectivity index (χ3n) is 8.86. The van der Waals surface area contributed by atoms with Gasteiger partial charge in [-0.05, 0) is 69.3 Å². The molecule has 9 heteroatoms. The van der Waals surface area contributed by atoms with Crippen molar-refractivity contribution >= 4 is 11.4 Å². The molecule has 2 bridgehead atoms. The van der Waals surface area contributed by atoms with Gasteiger partial charge in [-0.2, -0.15) is 10.2 Å². The molecule has 2 aliphatic heterocycles. The van der Waals surface area contributed by atoms with Gasteiger partial charge in [-0.3, -0.25) is 9.48 Å². The van der Waals surface area contributed by atoms with Gasteiger partial charge >= 0.3 is 0 Å². The van der Waals surface area contributed by atoms with E-state index in [2.05, 4.69) is 24.0 Å². The molecule has 198 valence electrons. The summed E-state index contributed by atoms with van der Waals surface area (Å²) in [7, 11) is 0. The molecule has 2 saturated heterocycles. The fourth-order valence-electron chi connectivity index (χ4n) is 6.66. The van der Waals surface area contributed by atoms with Crippen molar-refractivity contribution in [2.45, 2.75) is 102 Å². The van der Waals surface area contributed by atoms with Gasteiger partial charge in [0.1, 0.15) is 5.69 Å². The van der Waals surface area contributed by atoms with Crippen molar-refractivity contribution in [3.63, 3.8) is 0 Å². The van der Waals surface area contributed by atoms with Gasteiger partial charge in [-0.1, -0.05) is 13.8 Å². The van der Waals surface area contributed by atoms with Crippen LogP contribution in [-0.4, -0.2) is 42.4 Å². The van der Waals surface area contributed by atoms with Gasteiger partial charge in [0.25, 0.3) is 6.43 Å². The number of Topliss-reactive ketones (excluding diaryl/α,β-unsaturated/α-hetero) is 1. The molecule has 1 aliphatic carbocycles. The second-order valence-electron chi connectivity index (χ2n) is 11.5. The molecule has 0 amide bonds. The number of hydrogen-bond donors (Lipinski definition) is 0. The summed E-state index contributed by atoms with van der Waals surface area (Å²) in [5.41, 5.74) is 1.80. The predicted octanol–water partition coefficient (Wildman–Crippen LogP) is 6.10. The van der Waals surface area contributed by atoms with Crippen LogP contribution in [0.4, 0.5) is 8.78 Å². The molecule has 7 nitrogen and oxygen atoms in total. The summed E-state index contributed by atoms with van der Waals surface area (Å²) in [6.07, 6.45) is 10.8. The van der Waals surface area contributed by atoms with E-state index in [1.165, 1.54) is 6.20 Å². The van der Waals surface area contributed by atoms with E-state index in [1.807, 2.05) is 12.3 Å². The van der Waals surface area contributed by atoms with Crippen molar-refractivity contribution in [1.29, 1.82) is 0 Å². The van der Waals surface area contributed by atoms with Crippen molar-refractivity contribution in [2.75, 3.05) is 0 Å². The smallest absolute Gasteiger partial charge is 0.282 e. The second-order valence-corrected chi connectivity index (χ2v) is 11.5. The Bertz CT molecular complexity index is 1260. The van der Waals surface area contributed by atoms with E-state index in [9.17, 15) is 13.6 Å². The van der Waals surface area contributed by atoms with Crippen LogP contribution in [0.15, 0.2) is 24.7 Å². The minimum atomic E-state index is -2.73. The monoisotopic (exact) mass is 511 g/mol. The molecule has 3 aromatic rings. The molecular formula is C28H35F2N5O2. The highest BCUT2D eigenvalue weighted by atomic mass is 19.3. The fourth-order valence-corrected chi connectivity index (χ4v) is 6.66. The average Bonchev–Trinajstić information content (AvgIpc) is 3.60. The molecule has 0 radical (unpaired) electrons. The van der Waals surface area contributed by atoms with Crippen molar-refractivity contribution in [1.82, 2.24) is 24.4 Å². The number of halogens is 2. The first-order chi connectivity index (χ1) is 17.9. The van der Waals surface area contributed by atoms with E-state index in [0.717, 1.165) is 57.1 Å². The van der Waals surface area contributed by atoms with Gasteiger partial charge in [0.05, 0.1) is 30.0 Å². The Morgan fingerprint density at radius 3 is 2.51 bits per heavy atom. The van der Waals surface area contributed by atoms with E-state index in [0.29, 0.717) is 34.5 Å². The number of nitrogens with zero attached hydrogens (tertiary/aromatic N) is 5. The van der Waals surface area contributed by atoms with E-state index < -0.39 is 6.43 Å². The van der Waals surface area contributed by atoms with Gasteiger partial charge < -0.3 is 4.74 Å². The van der Waals surface area contributed by atoms with Gasteiger partial charge in [0, 0.05) is 36.0 Å². The first kappa shape index (κ1) is 24.6. The molecule has 1 saturated carbocycles. The zero-order chi connectivity index (χ0) is 25.7. The second kappa shape index (κ2) is 9.89. The molecule has 3 aromatic heterocycles. The molecule has 6 rings (SSSR count). The largest absolute Gasteiger partial charge is 0.375 e. The number of aromatic nitrogens is 5. The molecule has 0 aromatic carbocycles. The molecule has 5 heterocycles. The van der Waals surface area contributed by atoms with Crippen LogP contribution in [0, 0.1) is 11.8 Å². The predicted molar refractivity (Wildman–Crippen MR) is 134 cm³/mol. The first-order valence-electron chi connectivity index (χ1n) is 13.7. The van der Waals surface area contributed by atoms with Crippen molar-refractivity contribution in [2.24, 2.45) is 11.8 Å². The van der Waals surface area contributed by atoms with Gasteiger partial charge in [0.2, 0.25) is 0 Å². The maximum absolute atomic E-state index is 13.9. The zero-order valence-electron chi connectivity index (χ0n) is 21.5.